The minimum Gasteiger partial charge on any atom is -0.534 e. The topological polar surface area (TPSA) is 82.6 Å². The van der Waals surface area contributed by atoms with Gasteiger partial charge in [0.2, 0.25) is 5.91 Å². The molecule has 4 N–H and O–H groups in total. The molecular weight excluding hydrogens is 401 g/mol. The lowest BCUT2D eigenvalue weighted by atomic mass is 9.72. The lowest BCUT2D eigenvalue weighted by molar-refractivity contribution is -0.122. The molecule has 1 amide bonds. The zero-order valence-electron chi connectivity index (χ0n) is 20.2. The summed E-state index contributed by atoms with van der Waals surface area (Å²) in [5.41, 5.74) is 2.95. The molecule has 0 radical (unpaired) electrons. The monoisotopic (exact) mass is 441 g/mol. The lowest BCUT2D eigenvalue weighted by Crippen LogP contribution is -2.53. The molecule has 1 atom stereocenters. The number of hydrogen-bond donors (Lipinski definition) is 4. The van der Waals surface area contributed by atoms with Gasteiger partial charge in [0.15, 0.2) is 0 Å². The summed E-state index contributed by atoms with van der Waals surface area (Å²) < 4.78 is 5.78. The number of nitrogens with one attached hydrogen (secondary N) is 3. The normalized spacial score (nSPS) is 23.3. The molecule has 32 heavy (non-hydrogen) atoms. The summed E-state index contributed by atoms with van der Waals surface area (Å²) in [7, 11) is -1.05. The molecule has 1 aliphatic carbocycles. The van der Waals surface area contributed by atoms with Gasteiger partial charge in [-0.1, -0.05) is 24.8 Å². The highest BCUT2D eigenvalue weighted by atomic mass is 16.5. The maximum atomic E-state index is 12.7. The predicted molar refractivity (Wildman–Crippen MR) is 132 cm³/mol. The van der Waals surface area contributed by atoms with E-state index in [1.807, 2.05) is 25.1 Å². The van der Waals surface area contributed by atoms with Crippen molar-refractivity contribution in [1.29, 1.82) is 0 Å². The number of allylic oxidation sites excluding steroid dienone is 1. The van der Waals surface area contributed by atoms with E-state index in [2.05, 4.69) is 43.3 Å². The van der Waals surface area contributed by atoms with E-state index in [9.17, 15) is 9.82 Å². The highest BCUT2D eigenvalue weighted by molar-refractivity contribution is 6.46. The van der Waals surface area contributed by atoms with Crippen LogP contribution in [0.15, 0.2) is 24.8 Å². The third-order valence-corrected chi connectivity index (χ3v) is 6.46. The van der Waals surface area contributed by atoms with Crippen molar-refractivity contribution in [2.45, 2.75) is 83.7 Å². The van der Waals surface area contributed by atoms with Gasteiger partial charge < -0.3 is 25.6 Å². The summed E-state index contributed by atoms with van der Waals surface area (Å²) in [6.45, 7) is 14.4. The van der Waals surface area contributed by atoms with Crippen molar-refractivity contribution in [3.05, 3.63) is 35.9 Å². The minimum absolute atomic E-state index is 0.00272. The largest absolute Gasteiger partial charge is 0.547 e. The number of fused-ring (bicyclic) bond motifs is 1. The summed E-state index contributed by atoms with van der Waals surface area (Å²) in [5, 5.41) is 20.6. The fraction of sp³-hybridized carbons (Fsp3) is 0.640. The van der Waals surface area contributed by atoms with E-state index in [-0.39, 0.29) is 11.4 Å². The van der Waals surface area contributed by atoms with Crippen molar-refractivity contribution in [3.63, 3.8) is 0 Å². The molecule has 1 saturated carbocycles. The molecule has 0 saturated heterocycles. The molecule has 1 aromatic carbocycles. The fourth-order valence-corrected chi connectivity index (χ4v) is 4.70. The SMILES string of the molecule is C=C(C)c1cccc2c1OB(O)C(NC(=O)CC1CCC(NCCNC(C)(C)C)CC1)C2. The van der Waals surface area contributed by atoms with Gasteiger partial charge in [0.25, 0.3) is 0 Å². The molecular formula is C25H40BN3O3. The van der Waals surface area contributed by atoms with Crippen molar-refractivity contribution in [1.82, 2.24) is 16.0 Å². The Labute approximate surface area is 193 Å². The lowest BCUT2D eigenvalue weighted by Gasteiger charge is -2.31. The van der Waals surface area contributed by atoms with E-state index in [4.69, 9.17) is 4.65 Å². The molecule has 6 nitrogen and oxygen atoms in total. The third kappa shape index (κ3) is 7.09. The van der Waals surface area contributed by atoms with Crippen LogP contribution in [0.1, 0.15) is 70.9 Å². The van der Waals surface area contributed by atoms with Crippen LogP contribution in [0.4, 0.5) is 0 Å². The van der Waals surface area contributed by atoms with Gasteiger partial charge in [-0.15, -0.1) is 0 Å². The minimum atomic E-state index is -1.05. The van der Waals surface area contributed by atoms with Crippen LogP contribution in [0.2, 0.25) is 0 Å². The molecule has 0 spiro atoms. The number of benzene rings is 1. The van der Waals surface area contributed by atoms with Crippen LogP contribution in [-0.2, 0) is 11.2 Å². The fourth-order valence-electron chi connectivity index (χ4n) is 4.70. The van der Waals surface area contributed by atoms with Crippen LogP contribution in [0.3, 0.4) is 0 Å². The van der Waals surface area contributed by atoms with Crippen LogP contribution in [-0.4, -0.2) is 48.7 Å². The van der Waals surface area contributed by atoms with Crippen molar-refractivity contribution < 1.29 is 14.5 Å². The molecule has 1 fully saturated rings. The Hall–Kier alpha value is -1.83. The molecule has 1 unspecified atom stereocenters. The van der Waals surface area contributed by atoms with Crippen molar-refractivity contribution in [3.8, 4) is 5.75 Å². The Morgan fingerprint density at radius 3 is 2.59 bits per heavy atom. The van der Waals surface area contributed by atoms with Crippen molar-refractivity contribution in [2.24, 2.45) is 5.92 Å². The highest BCUT2D eigenvalue weighted by Gasteiger charge is 2.37. The summed E-state index contributed by atoms with van der Waals surface area (Å²) in [6.07, 6.45) is 5.42. The summed E-state index contributed by atoms with van der Waals surface area (Å²) in [5.74, 6) is 0.665. The average Bonchev–Trinajstić information content (AvgIpc) is 2.71. The average molecular weight is 441 g/mol. The van der Waals surface area contributed by atoms with Crippen molar-refractivity contribution >= 4 is 18.6 Å². The van der Waals surface area contributed by atoms with Gasteiger partial charge in [-0.3, -0.25) is 4.79 Å². The quantitative estimate of drug-likeness (QED) is 0.368. The summed E-state index contributed by atoms with van der Waals surface area (Å²) >= 11 is 0. The molecule has 176 valence electrons. The van der Waals surface area contributed by atoms with Gasteiger partial charge in [0.1, 0.15) is 5.75 Å². The van der Waals surface area contributed by atoms with Crippen LogP contribution in [0.25, 0.3) is 5.57 Å². The number of rotatable bonds is 8. The zero-order valence-corrected chi connectivity index (χ0v) is 20.2. The molecule has 0 aromatic heterocycles. The Balaban J connectivity index is 1.41. The van der Waals surface area contributed by atoms with Gasteiger partial charge >= 0.3 is 7.12 Å². The third-order valence-electron chi connectivity index (χ3n) is 6.46. The van der Waals surface area contributed by atoms with Crippen LogP contribution < -0.4 is 20.6 Å². The first-order valence-electron chi connectivity index (χ1n) is 12.0. The maximum Gasteiger partial charge on any atom is 0.547 e. The Kier molecular flexibility index (Phi) is 8.42. The number of amides is 1. The van der Waals surface area contributed by atoms with Gasteiger partial charge in [0.05, 0.1) is 5.94 Å². The van der Waals surface area contributed by atoms with E-state index in [1.54, 1.807) is 0 Å². The van der Waals surface area contributed by atoms with Crippen LogP contribution in [0, 0.1) is 5.92 Å². The second-order valence-electron chi connectivity index (χ2n) is 10.5. The molecule has 7 heteroatoms. The van der Waals surface area contributed by atoms with E-state index >= 15 is 0 Å². The first-order chi connectivity index (χ1) is 15.1. The van der Waals surface area contributed by atoms with E-state index in [0.717, 1.165) is 55.5 Å². The van der Waals surface area contributed by atoms with Crippen molar-refractivity contribution in [2.75, 3.05) is 13.1 Å². The summed E-state index contributed by atoms with van der Waals surface area (Å²) in [4.78, 5) is 12.7. The Bertz CT molecular complexity index is 800. The number of carbonyl (C=O) groups is 1. The van der Waals surface area contributed by atoms with Gasteiger partial charge in [-0.2, -0.15) is 0 Å². The predicted octanol–water partition coefficient (Wildman–Crippen LogP) is 3.09. The first kappa shape index (κ1) is 24.8. The number of hydrogen-bond acceptors (Lipinski definition) is 5. The Morgan fingerprint density at radius 1 is 1.22 bits per heavy atom. The molecule has 0 bridgehead atoms. The molecule has 1 aromatic rings. The van der Waals surface area contributed by atoms with Gasteiger partial charge in [0, 0.05) is 36.7 Å². The smallest absolute Gasteiger partial charge is 0.534 e. The van der Waals surface area contributed by atoms with Gasteiger partial charge in [-0.25, -0.2) is 0 Å². The second kappa shape index (κ2) is 10.9. The molecule has 1 aliphatic heterocycles. The first-order valence-corrected chi connectivity index (χ1v) is 12.0. The van der Waals surface area contributed by atoms with E-state index in [0.29, 0.717) is 30.6 Å². The molecule has 2 aliphatic rings. The molecule has 3 rings (SSSR count). The number of para-hydroxylation sites is 1. The van der Waals surface area contributed by atoms with Gasteiger partial charge in [-0.05, 0) is 76.9 Å². The highest BCUT2D eigenvalue weighted by Crippen LogP contribution is 2.33. The second-order valence-corrected chi connectivity index (χ2v) is 10.5. The van der Waals surface area contributed by atoms with Crippen LogP contribution >= 0.6 is 0 Å². The molecule has 1 heterocycles. The number of carbonyl (C=O) groups excluding carboxylic acids is 1. The maximum absolute atomic E-state index is 12.7. The van der Waals surface area contributed by atoms with E-state index < -0.39 is 13.1 Å². The van der Waals surface area contributed by atoms with E-state index in [1.165, 1.54) is 0 Å². The van der Waals surface area contributed by atoms with Crippen LogP contribution in [0.5, 0.6) is 5.75 Å². The Morgan fingerprint density at radius 2 is 1.94 bits per heavy atom. The zero-order chi connectivity index (χ0) is 23.3. The summed E-state index contributed by atoms with van der Waals surface area (Å²) in [6, 6.07) is 6.44. The standard InChI is InChI=1S/C25H40BN3O3/c1-17(2)21-8-6-7-19-16-22(26(31)32-24(19)21)29-23(30)15-18-9-11-20(12-10-18)27-13-14-28-25(3,4)5/h6-8,18,20,22,27-28,31H,1,9-16H2,2-5H3,(H,29,30).